The maximum atomic E-state index is 11.9. The van der Waals surface area contributed by atoms with Crippen LogP contribution in [0.15, 0.2) is 36.4 Å². The Kier molecular flexibility index (Phi) is 4.42. The van der Waals surface area contributed by atoms with Crippen LogP contribution in [-0.4, -0.2) is 47.5 Å². The van der Waals surface area contributed by atoms with Gasteiger partial charge >= 0.3 is 0 Å². The molecular weight excluding hydrogens is 380 g/mol. The van der Waals surface area contributed by atoms with Gasteiger partial charge in [-0.25, -0.2) is 4.98 Å². The van der Waals surface area contributed by atoms with E-state index in [0.717, 1.165) is 25.9 Å². The van der Waals surface area contributed by atoms with Crippen molar-refractivity contribution in [3.05, 3.63) is 53.2 Å². The third-order valence-electron chi connectivity index (χ3n) is 6.36. The monoisotopic (exact) mass is 404 g/mol. The number of piperidine rings is 1. The van der Waals surface area contributed by atoms with Crippen molar-refractivity contribution in [3.63, 3.8) is 0 Å². The Balaban J connectivity index is 1.38. The zero-order chi connectivity index (χ0) is 20.7. The summed E-state index contributed by atoms with van der Waals surface area (Å²) in [6.45, 7) is 2.16. The Morgan fingerprint density at radius 3 is 2.77 bits per heavy atom. The number of anilines is 2. The zero-order valence-corrected chi connectivity index (χ0v) is 16.6. The summed E-state index contributed by atoms with van der Waals surface area (Å²) in [4.78, 5) is 34.8. The molecule has 2 saturated heterocycles. The summed E-state index contributed by atoms with van der Waals surface area (Å²) in [6.07, 6.45) is 7.09. The molecule has 0 saturated carbocycles. The van der Waals surface area contributed by atoms with E-state index in [2.05, 4.69) is 61.9 Å². The predicted octanol–water partition coefficient (Wildman–Crippen LogP) is 1.44. The molecule has 1 aliphatic carbocycles. The van der Waals surface area contributed by atoms with Crippen molar-refractivity contribution in [1.82, 2.24) is 15.3 Å². The highest BCUT2D eigenvalue weighted by molar-refractivity contribution is 5.92. The van der Waals surface area contributed by atoms with Crippen LogP contribution in [-0.2, 0) is 10.2 Å². The van der Waals surface area contributed by atoms with E-state index in [9.17, 15) is 9.59 Å². The van der Waals surface area contributed by atoms with Gasteiger partial charge in [0, 0.05) is 31.1 Å². The van der Waals surface area contributed by atoms with E-state index in [4.69, 9.17) is 5.73 Å². The molecule has 8 heteroatoms. The number of allylic oxidation sites excluding steroid dienone is 1. The average Bonchev–Trinajstić information content (AvgIpc) is 3.32. The molecule has 2 aromatic rings. The molecule has 2 fully saturated rings. The quantitative estimate of drug-likeness (QED) is 0.711. The average molecular weight is 404 g/mol. The van der Waals surface area contributed by atoms with E-state index in [1.165, 1.54) is 17.2 Å². The number of carbonyl (C=O) groups excluding carboxylic acids is 2. The van der Waals surface area contributed by atoms with Crippen molar-refractivity contribution in [2.45, 2.75) is 30.7 Å². The number of hydrogen-bond acceptors (Lipinski definition) is 6. The topological polar surface area (TPSA) is 113 Å². The van der Waals surface area contributed by atoms with Crippen LogP contribution < -0.4 is 21.3 Å². The Labute approximate surface area is 174 Å². The number of nitrogens with two attached hydrogens (primary N) is 1. The largest absolute Gasteiger partial charge is 0.364 e. The van der Waals surface area contributed by atoms with Gasteiger partial charge in [0.15, 0.2) is 0 Å². The maximum absolute atomic E-state index is 11.9. The fourth-order valence-corrected chi connectivity index (χ4v) is 4.66. The highest BCUT2D eigenvalue weighted by Crippen LogP contribution is 2.44. The second-order valence-electron chi connectivity index (χ2n) is 8.14. The number of fused-ring (bicyclic) bond motifs is 2. The van der Waals surface area contributed by atoms with E-state index in [1.54, 1.807) is 0 Å². The fraction of sp³-hybridized carbons (Fsp3) is 0.364. The smallest absolute Gasteiger partial charge is 0.267 e. The van der Waals surface area contributed by atoms with E-state index in [-0.39, 0.29) is 23.1 Å². The van der Waals surface area contributed by atoms with Gasteiger partial charge in [0.25, 0.3) is 5.91 Å². The van der Waals surface area contributed by atoms with Gasteiger partial charge in [-0.3, -0.25) is 9.59 Å². The third-order valence-corrected chi connectivity index (χ3v) is 6.36. The Bertz CT molecular complexity index is 1040. The summed E-state index contributed by atoms with van der Waals surface area (Å²) in [5, 5.41) is 5.91. The van der Waals surface area contributed by atoms with Crippen molar-refractivity contribution in [2.75, 3.05) is 29.9 Å². The van der Waals surface area contributed by atoms with Crippen molar-refractivity contribution < 1.29 is 9.59 Å². The molecule has 1 aromatic heterocycles. The van der Waals surface area contributed by atoms with Gasteiger partial charge in [-0.15, -0.1) is 0 Å². The van der Waals surface area contributed by atoms with Crippen LogP contribution in [0.1, 0.15) is 40.9 Å². The first kappa shape index (κ1) is 18.6. The fourth-order valence-electron chi connectivity index (χ4n) is 4.66. The standard InChI is InChI=1S/C22H24N6O2/c23-19(29)17-13-18(25-16-6-10-24-20(16)30)27-21(26-17)28-11-8-22(9-12-28)7-5-14-3-1-2-4-15(14)22/h1-5,7,13,16H,6,8-12H2,(H2,23,29)(H,24,30)(H,25,26,27)/t16-/m0/s1. The first-order chi connectivity index (χ1) is 14.5. The SMILES string of the molecule is NC(=O)c1cc(N[C@H]2CCNC2=O)nc(N2CCC3(C=Cc4ccccc43)CC2)n1. The number of benzene rings is 1. The number of carbonyl (C=O) groups is 2. The molecule has 0 bridgehead atoms. The lowest BCUT2D eigenvalue weighted by atomic mass is 9.74. The summed E-state index contributed by atoms with van der Waals surface area (Å²) in [5.74, 6) is 0.237. The number of aromatic nitrogens is 2. The minimum absolute atomic E-state index is 0.0530. The lowest BCUT2D eigenvalue weighted by molar-refractivity contribution is -0.119. The van der Waals surface area contributed by atoms with E-state index in [0.29, 0.717) is 24.7 Å². The second kappa shape index (κ2) is 7.12. The molecule has 1 atom stereocenters. The number of rotatable bonds is 4. The zero-order valence-electron chi connectivity index (χ0n) is 16.6. The van der Waals surface area contributed by atoms with Crippen LogP contribution in [0, 0.1) is 0 Å². The van der Waals surface area contributed by atoms with Crippen LogP contribution in [0.4, 0.5) is 11.8 Å². The van der Waals surface area contributed by atoms with Crippen molar-refractivity contribution in [1.29, 1.82) is 0 Å². The molecule has 3 aliphatic rings. The molecule has 0 unspecified atom stereocenters. The summed E-state index contributed by atoms with van der Waals surface area (Å²) >= 11 is 0. The highest BCUT2D eigenvalue weighted by Gasteiger charge is 2.38. The summed E-state index contributed by atoms with van der Waals surface area (Å²) in [6, 6.07) is 9.68. The molecule has 0 radical (unpaired) electrons. The van der Waals surface area contributed by atoms with Crippen LogP contribution in [0.5, 0.6) is 0 Å². The van der Waals surface area contributed by atoms with Gasteiger partial charge in [-0.05, 0) is 30.4 Å². The Hall–Kier alpha value is -3.42. The normalized spacial score (nSPS) is 21.5. The number of amides is 2. The molecule has 2 aliphatic heterocycles. The molecule has 2 amide bonds. The Morgan fingerprint density at radius 2 is 2.03 bits per heavy atom. The molecule has 1 spiro atoms. The first-order valence-corrected chi connectivity index (χ1v) is 10.3. The number of hydrogen-bond donors (Lipinski definition) is 3. The van der Waals surface area contributed by atoms with Crippen LogP contribution in [0.25, 0.3) is 6.08 Å². The van der Waals surface area contributed by atoms with Crippen LogP contribution in [0.2, 0.25) is 0 Å². The third kappa shape index (κ3) is 3.18. The minimum Gasteiger partial charge on any atom is -0.364 e. The summed E-state index contributed by atoms with van der Waals surface area (Å²) in [5.41, 5.74) is 8.37. The lowest BCUT2D eigenvalue weighted by Gasteiger charge is -2.39. The maximum Gasteiger partial charge on any atom is 0.267 e. The molecule has 1 aromatic carbocycles. The van der Waals surface area contributed by atoms with Crippen molar-refractivity contribution in [2.24, 2.45) is 5.73 Å². The van der Waals surface area contributed by atoms with Crippen molar-refractivity contribution in [3.8, 4) is 0 Å². The van der Waals surface area contributed by atoms with E-state index >= 15 is 0 Å². The first-order valence-electron chi connectivity index (χ1n) is 10.3. The van der Waals surface area contributed by atoms with Crippen LogP contribution in [0.3, 0.4) is 0 Å². The molecule has 4 N–H and O–H groups in total. The molecule has 8 nitrogen and oxygen atoms in total. The number of primary amides is 1. The van der Waals surface area contributed by atoms with Crippen molar-refractivity contribution >= 4 is 29.7 Å². The molecule has 5 rings (SSSR count). The van der Waals surface area contributed by atoms with Gasteiger partial charge < -0.3 is 21.3 Å². The minimum atomic E-state index is -0.612. The molecule has 3 heterocycles. The van der Waals surface area contributed by atoms with Crippen LogP contribution >= 0.6 is 0 Å². The van der Waals surface area contributed by atoms with Gasteiger partial charge in [0.2, 0.25) is 11.9 Å². The molecule has 154 valence electrons. The molecular formula is C22H24N6O2. The van der Waals surface area contributed by atoms with E-state index in [1.807, 2.05) is 0 Å². The number of nitrogens with one attached hydrogen (secondary N) is 2. The number of nitrogens with zero attached hydrogens (tertiary/aromatic N) is 3. The Morgan fingerprint density at radius 1 is 1.23 bits per heavy atom. The second-order valence-corrected chi connectivity index (χ2v) is 8.14. The van der Waals surface area contributed by atoms with Gasteiger partial charge in [-0.1, -0.05) is 36.4 Å². The lowest BCUT2D eigenvalue weighted by Crippen LogP contribution is -2.42. The predicted molar refractivity (Wildman–Crippen MR) is 114 cm³/mol. The van der Waals surface area contributed by atoms with Gasteiger partial charge in [0.1, 0.15) is 17.6 Å². The van der Waals surface area contributed by atoms with Gasteiger partial charge in [0.05, 0.1) is 0 Å². The summed E-state index contributed by atoms with van der Waals surface area (Å²) in [7, 11) is 0. The summed E-state index contributed by atoms with van der Waals surface area (Å²) < 4.78 is 0. The molecule has 30 heavy (non-hydrogen) atoms. The highest BCUT2D eigenvalue weighted by atomic mass is 16.2. The van der Waals surface area contributed by atoms with Gasteiger partial charge in [-0.2, -0.15) is 4.98 Å². The van der Waals surface area contributed by atoms with E-state index < -0.39 is 5.91 Å².